The Balaban J connectivity index is 0.657. The second-order valence-corrected chi connectivity index (χ2v) is 24.7. The summed E-state index contributed by atoms with van der Waals surface area (Å²) in [6.07, 6.45) is 0. The summed E-state index contributed by atoms with van der Waals surface area (Å²) < 4.78 is 4.87. The van der Waals surface area contributed by atoms with Gasteiger partial charge in [0.1, 0.15) is 0 Å². The summed E-state index contributed by atoms with van der Waals surface area (Å²) in [6.45, 7) is 0. The third-order valence-electron chi connectivity index (χ3n) is 19.7. The molecule has 0 radical (unpaired) electrons. The predicted molar refractivity (Wildman–Crippen MR) is 390 cm³/mol. The van der Waals surface area contributed by atoms with Crippen LogP contribution in [0.1, 0.15) is 22.3 Å². The van der Waals surface area contributed by atoms with Gasteiger partial charge in [-0.1, -0.05) is 303 Å². The molecular formula is C91H60N2. The van der Waals surface area contributed by atoms with Gasteiger partial charge >= 0.3 is 0 Å². The van der Waals surface area contributed by atoms with E-state index in [9.17, 15) is 0 Å². The minimum atomic E-state index is -0.536. The van der Waals surface area contributed by atoms with Crippen LogP contribution in [0.2, 0.25) is 0 Å². The highest BCUT2D eigenvalue weighted by Crippen LogP contribution is 2.57. The molecule has 0 amide bonds. The van der Waals surface area contributed by atoms with E-state index in [1.54, 1.807) is 0 Å². The van der Waals surface area contributed by atoms with Gasteiger partial charge in [0.05, 0.1) is 33.2 Å². The smallest absolute Gasteiger partial charge is 0.0713 e. The fraction of sp³-hybridized carbons (Fsp3) is 0.0110. The van der Waals surface area contributed by atoms with E-state index in [0.29, 0.717) is 0 Å². The number of aromatic nitrogens is 2. The Morgan fingerprint density at radius 2 is 0.548 bits per heavy atom. The Hall–Kier alpha value is -12.1. The molecule has 0 spiro atoms. The molecule has 2 nitrogen and oxygen atoms in total. The van der Waals surface area contributed by atoms with Crippen LogP contribution in [0.15, 0.2) is 364 Å². The average molecular weight is 1180 g/mol. The van der Waals surface area contributed by atoms with E-state index in [1.807, 2.05) is 0 Å². The molecule has 2 heteroatoms. The molecule has 0 aliphatic heterocycles. The molecule has 0 saturated carbocycles. The van der Waals surface area contributed by atoms with Crippen LogP contribution >= 0.6 is 0 Å². The lowest BCUT2D eigenvalue weighted by Gasteiger charge is -2.34. The van der Waals surface area contributed by atoms with Gasteiger partial charge in [0.25, 0.3) is 0 Å². The Labute approximate surface area is 541 Å². The molecule has 17 aromatic rings. The standard InChI is InChI=1S/C91H60N2/c1-3-21-61(22-4-1)69-26-20-28-74(58-69)92-87-39-17-12-34-80(87)82-59-70(51-55-89(82)92)71-52-56-90-83(60-71)81-35-13-18-40-88(81)93(90)86-38-16-11-31-77(86)67-47-45-63(46-48-67)62-41-43-64(44-42-62)68-25-19-27-73(57-68)91(84-36-14-9-32-78(84)79-33-10-15-37-85(79)91)72-53-49-66(50-54-72)76-30-8-7-29-75(76)65-23-5-2-6-24-65/h1-60H. The molecule has 15 aromatic carbocycles. The molecule has 0 saturated heterocycles. The third-order valence-corrected chi connectivity index (χ3v) is 19.7. The molecule has 0 N–H and O–H groups in total. The fourth-order valence-corrected chi connectivity index (χ4v) is 15.4. The van der Waals surface area contributed by atoms with Crippen molar-refractivity contribution in [2.75, 3.05) is 0 Å². The van der Waals surface area contributed by atoms with Gasteiger partial charge in [-0.2, -0.15) is 0 Å². The number of nitrogens with zero attached hydrogens (tertiary/aromatic N) is 2. The normalized spacial score (nSPS) is 12.4. The third kappa shape index (κ3) is 8.86. The zero-order valence-corrected chi connectivity index (χ0v) is 51.0. The van der Waals surface area contributed by atoms with Crippen LogP contribution in [0, 0.1) is 0 Å². The average Bonchev–Trinajstić information content (AvgIpc) is 1.58. The topological polar surface area (TPSA) is 9.86 Å². The number of fused-ring (bicyclic) bond motifs is 9. The first kappa shape index (κ1) is 53.9. The lowest BCUT2D eigenvalue weighted by Crippen LogP contribution is -2.28. The van der Waals surface area contributed by atoms with Crippen LogP contribution < -0.4 is 0 Å². The minimum absolute atomic E-state index is 0.536. The van der Waals surface area contributed by atoms with Crippen molar-refractivity contribution in [3.05, 3.63) is 386 Å². The molecule has 0 fully saturated rings. The number of hydrogen-bond acceptors (Lipinski definition) is 0. The van der Waals surface area contributed by atoms with E-state index in [4.69, 9.17) is 0 Å². The highest BCUT2D eigenvalue weighted by Gasteiger charge is 2.46. The first-order valence-corrected chi connectivity index (χ1v) is 32.2. The van der Waals surface area contributed by atoms with Crippen molar-refractivity contribution in [3.63, 3.8) is 0 Å². The van der Waals surface area contributed by atoms with Gasteiger partial charge in [0.15, 0.2) is 0 Å². The fourth-order valence-electron chi connectivity index (χ4n) is 15.4. The molecule has 0 atom stereocenters. The summed E-state index contributed by atoms with van der Waals surface area (Å²) in [6, 6.07) is 135. The molecule has 1 aliphatic carbocycles. The van der Waals surface area contributed by atoms with Crippen LogP contribution in [-0.2, 0) is 5.41 Å². The van der Waals surface area contributed by atoms with Gasteiger partial charge in [0, 0.05) is 32.8 Å². The Kier molecular flexibility index (Phi) is 12.8. The summed E-state index contributed by atoms with van der Waals surface area (Å²) in [5, 5.41) is 4.93. The first-order chi connectivity index (χ1) is 46.1. The van der Waals surface area contributed by atoms with Gasteiger partial charge in [-0.15, -0.1) is 0 Å². The second kappa shape index (κ2) is 22.1. The number of para-hydroxylation sites is 3. The van der Waals surface area contributed by atoms with Crippen molar-refractivity contribution >= 4 is 43.6 Å². The first-order valence-electron chi connectivity index (χ1n) is 32.2. The molecule has 18 rings (SSSR count). The summed E-state index contributed by atoms with van der Waals surface area (Å²) in [4.78, 5) is 0. The van der Waals surface area contributed by atoms with Crippen molar-refractivity contribution in [2.45, 2.75) is 5.41 Å². The Morgan fingerprint density at radius 1 is 0.183 bits per heavy atom. The van der Waals surface area contributed by atoms with E-state index in [-0.39, 0.29) is 0 Å². The lowest BCUT2D eigenvalue weighted by atomic mass is 9.67. The largest absolute Gasteiger partial charge is 0.309 e. The van der Waals surface area contributed by atoms with Crippen LogP contribution in [0.5, 0.6) is 0 Å². The Bertz CT molecular complexity index is 5670. The molecule has 2 heterocycles. The van der Waals surface area contributed by atoms with Crippen molar-refractivity contribution in [3.8, 4) is 100 Å². The summed E-state index contributed by atoms with van der Waals surface area (Å²) in [5.74, 6) is 0. The van der Waals surface area contributed by atoms with Gasteiger partial charge < -0.3 is 9.13 Å². The van der Waals surface area contributed by atoms with E-state index in [0.717, 1.165) is 11.4 Å². The van der Waals surface area contributed by atoms with E-state index in [2.05, 4.69) is 373 Å². The number of hydrogen-bond donors (Lipinski definition) is 0. The zero-order valence-electron chi connectivity index (χ0n) is 51.0. The summed E-state index contributed by atoms with van der Waals surface area (Å²) in [5.41, 5.74) is 30.9. The minimum Gasteiger partial charge on any atom is -0.309 e. The zero-order chi connectivity index (χ0) is 61.4. The van der Waals surface area contributed by atoms with Gasteiger partial charge in [0.2, 0.25) is 0 Å². The monoisotopic (exact) mass is 1180 g/mol. The summed E-state index contributed by atoms with van der Waals surface area (Å²) in [7, 11) is 0. The van der Waals surface area contributed by atoms with Gasteiger partial charge in [-0.3, -0.25) is 0 Å². The molecule has 93 heavy (non-hydrogen) atoms. The van der Waals surface area contributed by atoms with Crippen LogP contribution in [-0.4, -0.2) is 9.13 Å². The number of rotatable bonds is 11. The molecule has 434 valence electrons. The Morgan fingerprint density at radius 3 is 1.15 bits per heavy atom. The molecule has 0 bridgehead atoms. The van der Waals surface area contributed by atoms with Crippen molar-refractivity contribution in [1.29, 1.82) is 0 Å². The van der Waals surface area contributed by atoms with Crippen LogP contribution in [0.25, 0.3) is 144 Å². The molecule has 1 aliphatic rings. The maximum atomic E-state index is 2.46. The lowest BCUT2D eigenvalue weighted by molar-refractivity contribution is 0.769. The maximum Gasteiger partial charge on any atom is 0.0713 e. The van der Waals surface area contributed by atoms with Gasteiger partial charge in [-0.25, -0.2) is 0 Å². The molecule has 2 aromatic heterocycles. The van der Waals surface area contributed by atoms with Crippen molar-refractivity contribution in [2.24, 2.45) is 0 Å². The molecular weight excluding hydrogens is 1120 g/mol. The predicted octanol–water partition coefficient (Wildman–Crippen LogP) is 23.9. The quantitative estimate of drug-likeness (QED) is 0.122. The maximum absolute atomic E-state index is 2.46. The van der Waals surface area contributed by atoms with E-state index >= 15 is 0 Å². The highest BCUT2D eigenvalue weighted by molar-refractivity contribution is 6.13. The highest BCUT2D eigenvalue weighted by atomic mass is 15.0. The van der Waals surface area contributed by atoms with Crippen LogP contribution in [0.3, 0.4) is 0 Å². The molecule has 0 unspecified atom stereocenters. The summed E-state index contributed by atoms with van der Waals surface area (Å²) >= 11 is 0. The van der Waals surface area contributed by atoms with Crippen molar-refractivity contribution < 1.29 is 0 Å². The second-order valence-electron chi connectivity index (χ2n) is 24.7. The van der Waals surface area contributed by atoms with Crippen molar-refractivity contribution in [1.82, 2.24) is 9.13 Å². The SMILES string of the molecule is c1ccc(-c2cccc(-n3c4ccccc4c4cc(-c5ccc6c(c5)c5ccccc5n6-c5ccccc5-c5ccc(-c6ccc(-c7cccc(C8(c9ccc(-c%10ccccc%10-c%10ccccc%10)cc9)c9ccccc9-c9ccccc98)c7)cc6)cc5)ccc43)c2)cc1. The van der Waals surface area contributed by atoms with Crippen LogP contribution in [0.4, 0.5) is 0 Å². The van der Waals surface area contributed by atoms with Gasteiger partial charge in [-0.05, 0) is 166 Å². The number of benzene rings is 15. The van der Waals surface area contributed by atoms with E-state index < -0.39 is 5.41 Å². The van der Waals surface area contributed by atoms with E-state index in [1.165, 1.54) is 155 Å².